The SMILES string of the molecule is CC(Cc1ccc(O)c(O)c1)C(=O)Nc1ccccc1C(F)(F)F. The van der Waals surface area contributed by atoms with E-state index in [1.165, 1.54) is 36.4 Å². The van der Waals surface area contributed by atoms with E-state index < -0.39 is 23.6 Å². The first-order chi connectivity index (χ1) is 11.2. The number of para-hydroxylation sites is 1. The third kappa shape index (κ3) is 4.18. The molecule has 2 rings (SSSR count). The number of amides is 1. The van der Waals surface area contributed by atoms with E-state index in [4.69, 9.17) is 0 Å². The molecule has 7 heteroatoms. The molecule has 2 aromatic rings. The van der Waals surface area contributed by atoms with Crippen molar-refractivity contribution in [2.75, 3.05) is 5.32 Å². The number of hydrogen-bond donors (Lipinski definition) is 3. The first kappa shape index (κ1) is 17.7. The zero-order valence-electron chi connectivity index (χ0n) is 12.8. The van der Waals surface area contributed by atoms with Gasteiger partial charge in [0.05, 0.1) is 11.3 Å². The molecule has 24 heavy (non-hydrogen) atoms. The molecular formula is C17H16F3NO3. The number of phenolic OH excluding ortho intramolecular Hbond substituents is 2. The Balaban J connectivity index is 2.11. The van der Waals surface area contributed by atoms with Crippen molar-refractivity contribution in [1.82, 2.24) is 0 Å². The second kappa shape index (κ2) is 6.82. The van der Waals surface area contributed by atoms with Gasteiger partial charge in [0.2, 0.25) is 5.91 Å². The molecule has 0 aliphatic rings. The third-order valence-electron chi connectivity index (χ3n) is 3.52. The van der Waals surface area contributed by atoms with E-state index in [0.29, 0.717) is 5.56 Å². The summed E-state index contributed by atoms with van der Waals surface area (Å²) < 4.78 is 38.8. The largest absolute Gasteiger partial charge is 0.504 e. The number of rotatable bonds is 4. The number of phenols is 2. The number of alkyl halides is 3. The highest BCUT2D eigenvalue weighted by molar-refractivity contribution is 5.93. The summed E-state index contributed by atoms with van der Waals surface area (Å²) in [7, 11) is 0. The van der Waals surface area contributed by atoms with E-state index in [-0.39, 0.29) is 23.6 Å². The van der Waals surface area contributed by atoms with Crippen LogP contribution < -0.4 is 5.32 Å². The summed E-state index contributed by atoms with van der Waals surface area (Å²) in [6.45, 7) is 1.56. The van der Waals surface area contributed by atoms with Crippen LogP contribution in [0.5, 0.6) is 11.5 Å². The van der Waals surface area contributed by atoms with Crippen molar-refractivity contribution in [3.05, 3.63) is 53.6 Å². The smallest absolute Gasteiger partial charge is 0.418 e. The third-order valence-corrected chi connectivity index (χ3v) is 3.52. The maximum absolute atomic E-state index is 12.9. The summed E-state index contributed by atoms with van der Waals surface area (Å²) in [5.74, 6) is -1.80. The van der Waals surface area contributed by atoms with Crippen molar-refractivity contribution in [2.24, 2.45) is 5.92 Å². The molecule has 0 aliphatic carbocycles. The Bertz CT molecular complexity index is 744. The van der Waals surface area contributed by atoms with Gasteiger partial charge in [0, 0.05) is 5.92 Å². The monoisotopic (exact) mass is 339 g/mol. The Morgan fingerprint density at radius 2 is 1.79 bits per heavy atom. The van der Waals surface area contributed by atoms with E-state index in [1.807, 2.05) is 0 Å². The fraction of sp³-hybridized carbons (Fsp3) is 0.235. The van der Waals surface area contributed by atoms with Gasteiger partial charge in [-0.2, -0.15) is 13.2 Å². The number of halogens is 3. The summed E-state index contributed by atoms with van der Waals surface area (Å²) in [5, 5.41) is 21.0. The van der Waals surface area contributed by atoms with Gasteiger partial charge in [0.1, 0.15) is 0 Å². The van der Waals surface area contributed by atoms with Crippen LogP contribution in [-0.4, -0.2) is 16.1 Å². The zero-order valence-corrected chi connectivity index (χ0v) is 12.8. The number of hydrogen-bond acceptors (Lipinski definition) is 3. The molecule has 0 bridgehead atoms. The lowest BCUT2D eigenvalue weighted by Crippen LogP contribution is -2.24. The Morgan fingerprint density at radius 3 is 2.42 bits per heavy atom. The minimum Gasteiger partial charge on any atom is -0.504 e. The van der Waals surface area contributed by atoms with Crippen LogP contribution >= 0.6 is 0 Å². The maximum atomic E-state index is 12.9. The number of benzene rings is 2. The Labute approximate surface area is 136 Å². The molecular weight excluding hydrogens is 323 g/mol. The molecule has 0 saturated carbocycles. The highest BCUT2D eigenvalue weighted by atomic mass is 19.4. The van der Waals surface area contributed by atoms with Gasteiger partial charge in [-0.1, -0.05) is 25.1 Å². The molecule has 1 unspecified atom stereocenters. The Kier molecular flexibility index (Phi) is 5.02. The summed E-state index contributed by atoms with van der Waals surface area (Å²) >= 11 is 0. The number of aromatic hydroxyl groups is 2. The van der Waals surface area contributed by atoms with Gasteiger partial charge in [0.25, 0.3) is 0 Å². The summed E-state index contributed by atoms with van der Waals surface area (Å²) in [5.41, 5.74) is -0.625. The summed E-state index contributed by atoms with van der Waals surface area (Å²) in [4.78, 5) is 12.2. The molecule has 0 aromatic heterocycles. The Hall–Kier alpha value is -2.70. The van der Waals surface area contributed by atoms with Crippen molar-refractivity contribution in [2.45, 2.75) is 19.5 Å². The van der Waals surface area contributed by atoms with Gasteiger partial charge >= 0.3 is 6.18 Å². The van der Waals surface area contributed by atoms with E-state index in [0.717, 1.165) is 6.07 Å². The molecule has 1 atom stereocenters. The van der Waals surface area contributed by atoms with Crippen LogP contribution in [0, 0.1) is 5.92 Å². The van der Waals surface area contributed by atoms with Crippen molar-refractivity contribution in [3.63, 3.8) is 0 Å². The molecule has 128 valence electrons. The highest BCUT2D eigenvalue weighted by Crippen LogP contribution is 2.34. The topological polar surface area (TPSA) is 69.6 Å². The highest BCUT2D eigenvalue weighted by Gasteiger charge is 2.33. The van der Waals surface area contributed by atoms with Crippen molar-refractivity contribution >= 4 is 11.6 Å². The molecule has 4 nitrogen and oxygen atoms in total. The number of carbonyl (C=O) groups excluding carboxylic acids is 1. The lowest BCUT2D eigenvalue weighted by atomic mass is 9.99. The lowest BCUT2D eigenvalue weighted by molar-refractivity contribution is -0.137. The normalized spacial score (nSPS) is 12.7. The molecule has 0 heterocycles. The maximum Gasteiger partial charge on any atom is 0.418 e. The average molecular weight is 339 g/mol. The fourth-order valence-electron chi connectivity index (χ4n) is 2.24. The first-order valence-corrected chi connectivity index (χ1v) is 7.16. The second-order valence-corrected chi connectivity index (χ2v) is 5.46. The van der Waals surface area contributed by atoms with E-state index in [2.05, 4.69) is 5.32 Å². The van der Waals surface area contributed by atoms with Crippen molar-refractivity contribution in [1.29, 1.82) is 0 Å². The molecule has 3 N–H and O–H groups in total. The van der Waals surface area contributed by atoms with Crippen molar-refractivity contribution < 1.29 is 28.2 Å². The van der Waals surface area contributed by atoms with Crippen LogP contribution in [0.4, 0.5) is 18.9 Å². The first-order valence-electron chi connectivity index (χ1n) is 7.16. The minimum atomic E-state index is -4.56. The van der Waals surface area contributed by atoms with Gasteiger partial charge in [-0.25, -0.2) is 0 Å². The van der Waals surface area contributed by atoms with E-state index in [1.54, 1.807) is 6.92 Å². The van der Waals surface area contributed by atoms with Crippen LogP contribution in [0.3, 0.4) is 0 Å². The molecule has 0 spiro atoms. The van der Waals surface area contributed by atoms with Gasteiger partial charge in [-0.05, 0) is 36.2 Å². The van der Waals surface area contributed by atoms with Crippen LogP contribution in [0.25, 0.3) is 0 Å². The Morgan fingerprint density at radius 1 is 1.12 bits per heavy atom. The van der Waals surface area contributed by atoms with Gasteiger partial charge < -0.3 is 15.5 Å². The molecule has 1 amide bonds. The van der Waals surface area contributed by atoms with E-state index in [9.17, 15) is 28.2 Å². The lowest BCUT2D eigenvalue weighted by Gasteiger charge is -2.16. The number of nitrogens with one attached hydrogen (secondary N) is 1. The van der Waals surface area contributed by atoms with Crippen molar-refractivity contribution in [3.8, 4) is 11.5 Å². The van der Waals surface area contributed by atoms with Gasteiger partial charge in [-0.3, -0.25) is 4.79 Å². The fourth-order valence-corrected chi connectivity index (χ4v) is 2.24. The summed E-state index contributed by atoms with van der Waals surface area (Å²) in [6, 6.07) is 8.88. The van der Waals surface area contributed by atoms with E-state index >= 15 is 0 Å². The minimum absolute atomic E-state index is 0.202. The standard InChI is InChI=1S/C17H16F3NO3/c1-10(8-11-6-7-14(22)15(23)9-11)16(24)21-13-5-3-2-4-12(13)17(18,19)20/h2-7,9-10,22-23H,8H2,1H3,(H,21,24). The summed E-state index contributed by atoms with van der Waals surface area (Å²) in [6.07, 6.45) is -4.36. The predicted octanol–water partition coefficient (Wildman–Crippen LogP) is 3.93. The van der Waals surface area contributed by atoms with Gasteiger partial charge in [-0.15, -0.1) is 0 Å². The van der Waals surface area contributed by atoms with Gasteiger partial charge in [0.15, 0.2) is 11.5 Å². The number of anilines is 1. The number of carbonyl (C=O) groups is 1. The molecule has 0 aliphatic heterocycles. The average Bonchev–Trinajstić information content (AvgIpc) is 2.50. The quantitative estimate of drug-likeness (QED) is 0.739. The van der Waals surface area contributed by atoms with Crippen LogP contribution in [-0.2, 0) is 17.4 Å². The second-order valence-electron chi connectivity index (χ2n) is 5.46. The van der Waals surface area contributed by atoms with Crippen LogP contribution in [0.2, 0.25) is 0 Å². The van der Waals surface area contributed by atoms with Crippen LogP contribution in [0.1, 0.15) is 18.1 Å². The molecule has 0 saturated heterocycles. The molecule has 0 fully saturated rings. The molecule has 0 radical (unpaired) electrons. The molecule has 2 aromatic carbocycles. The predicted molar refractivity (Wildman–Crippen MR) is 82.7 cm³/mol. The van der Waals surface area contributed by atoms with Crippen LogP contribution in [0.15, 0.2) is 42.5 Å². The zero-order chi connectivity index (χ0) is 17.9.